The van der Waals surface area contributed by atoms with Gasteiger partial charge in [-0.05, 0) is 50.6 Å². The number of likely N-dealkylation sites (N-methyl/N-ethyl adjacent to an activating group) is 1. The highest BCUT2D eigenvalue weighted by atomic mass is 15.1. The minimum Gasteiger partial charge on any atom is -0.381 e. The topological polar surface area (TPSA) is 15.3 Å². The highest BCUT2D eigenvalue weighted by Gasteiger charge is 2.09. The fourth-order valence-electron chi connectivity index (χ4n) is 2.46. The molecular formula is C21H26N2. The van der Waals surface area contributed by atoms with Gasteiger partial charge in [0.2, 0.25) is 0 Å². The van der Waals surface area contributed by atoms with Crippen molar-refractivity contribution in [2.75, 3.05) is 18.9 Å². The number of hydrogen-bond acceptors (Lipinski definition) is 2. The first kappa shape index (κ1) is 17.1. The Morgan fingerprint density at radius 3 is 2.52 bits per heavy atom. The predicted molar refractivity (Wildman–Crippen MR) is 99.5 cm³/mol. The van der Waals surface area contributed by atoms with Gasteiger partial charge in [0.1, 0.15) is 0 Å². The lowest BCUT2D eigenvalue weighted by Gasteiger charge is -2.22. The molecule has 2 rings (SSSR count). The predicted octanol–water partition coefficient (Wildman–Crippen LogP) is 4.18. The summed E-state index contributed by atoms with van der Waals surface area (Å²) >= 11 is 0. The molecule has 0 heterocycles. The van der Waals surface area contributed by atoms with Gasteiger partial charge in [-0.25, -0.2) is 0 Å². The van der Waals surface area contributed by atoms with Crippen LogP contribution in [0.3, 0.4) is 0 Å². The van der Waals surface area contributed by atoms with Crippen LogP contribution in [0.5, 0.6) is 0 Å². The Labute approximate surface area is 140 Å². The molecule has 0 fully saturated rings. The van der Waals surface area contributed by atoms with Crippen LogP contribution in [0.1, 0.15) is 25.0 Å². The number of hydrogen-bond donors (Lipinski definition) is 1. The summed E-state index contributed by atoms with van der Waals surface area (Å²) in [7, 11) is 2.13. The SMILES string of the molecule is CC#CCN(C)[C@H](C)Cc1cccc(NCc2ccccc2)c1. The van der Waals surface area contributed by atoms with Crippen LogP contribution in [0.15, 0.2) is 54.6 Å². The van der Waals surface area contributed by atoms with E-state index in [1.54, 1.807) is 0 Å². The van der Waals surface area contributed by atoms with E-state index < -0.39 is 0 Å². The average Bonchev–Trinajstić information content (AvgIpc) is 2.59. The molecule has 0 saturated heterocycles. The van der Waals surface area contributed by atoms with E-state index in [2.05, 4.69) is 84.6 Å². The summed E-state index contributed by atoms with van der Waals surface area (Å²) in [5.41, 5.74) is 3.82. The highest BCUT2D eigenvalue weighted by molar-refractivity contribution is 5.46. The first-order valence-electron chi connectivity index (χ1n) is 8.15. The monoisotopic (exact) mass is 306 g/mol. The van der Waals surface area contributed by atoms with Crippen molar-refractivity contribution >= 4 is 5.69 Å². The van der Waals surface area contributed by atoms with Gasteiger partial charge in [-0.15, -0.1) is 5.92 Å². The Kier molecular flexibility index (Phi) is 6.72. The second-order valence-electron chi connectivity index (χ2n) is 5.93. The van der Waals surface area contributed by atoms with Gasteiger partial charge in [0.05, 0.1) is 6.54 Å². The molecule has 1 N–H and O–H groups in total. The highest BCUT2D eigenvalue weighted by Crippen LogP contribution is 2.15. The van der Waals surface area contributed by atoms with E-state index in [-0.39, 0.29) is 0 Å². The van der Waals surface area contributed by atoms with Crippen molar-refractivity contribution in [3.8, 4) is 11.8 Å². The van der Waals surface area contributed by atoms with E-state index in [0.29, 0.717) is 6.04 Å². The third-order valence-electron chi connectivity index (χ3n) is 4.06. The molecule has 23 heavy (non-hydrogen) atoms. The molecule has 2 nitrogen and oxygen atoms in total. The minimum absolute atomic E-state index is 0.472. The van der Waals surface area contributed by atoms with Gasteiger partial charge in [-0.3, -0.25) is 4.90 Å². The smallest absolute Gasteiger partial charge is 0.0601 e. The van der Waals surface area contributed by atoms with Crippen molar-refractivity contribution in [2.45, 2.75) is 32.9 Å². The second kappa shape index (κ2) is 9.02. The summed E-state index contributed by atoms with van der Waals surface area (Å²) in [5.74, 6) is 6.09. The van der Waals surface area contributed by atoms with Crippen molar-refractivity contribution < 1.29 is 0 Å². The molecule has 2 heteroatoms. The van der Waals surface area contributed by atoms with Crippen LogP contribution in [0.2, 0.25) is 0 Å². The molecule has 0 saturated carbocycles. The van der Waals surface area contributed by atoms with Crippen molar-refractivity contribution in [3.05, 3.63) is 65.7 Å². The van der Waals surface area contributed by atoms with E-state index in [1.807, 2.05) is 13.0 Å². The van der Waals surface area contributed by atoms with Crippen molar-refractivity contribution in [1.29, 1.82) is 0 Å². The molecule has 0 spiro atoms. The minimum atomic E-state index is 0.472. The Balaban J connectivity index is 1.92. The van der Waals surface area contributed by atoms with E-state index >= 15 is 0 Å². The number of nitrogens with zero attached hydrogens (tertiary/aromatic N) is 1. The molecule has 0 aliphatic carbocycles. The Bertz CT molecular complexity index is 652. The van der Waals surface area contributed by atoms with Gasteiger partial charge in [-0.1, -0.05) is 48.4 Å². The summed E-state index contributed by atoms with van der Waals surface area (Å²) in [6.07, 6.45) is 1.03. The van der Waals surface area contributed by atoms with E-state index in [1.165, 1.54) is 16.8 Å². The summed E-state index contributed by atoms with van der Waals surface area (Å²) < 4.78 is 0. The van der Waals surface area contributed by atoms with Gasteiger partial charge < -0.3 is 5.32 Å². The molecule has 0 bridgehead atoms. The summed E-state index contributed by atoms with van der Waals surface area (Å²) in [6, 6.07) is 19.7. The summed E-state index contributed by atoms with van der Waals surface area (Å²) in [5, 5.41) is 3.50. The number of benzene rings is 2. The normalized spacial score (nSPS) is 11.7. The summed E-state index contributed by atoms with van der Waals surface area (Å²) in [4.78, 5) is 2.29. The zero-order valence-electron chi connectivity index (χ0n) is 14.3. The van der Waals surface area contributed by atoms with Crippen molar-refractivity contribution in [2.24, 2.45) is 0 Å². The summed E-state index contributed by atoms with van der Waals surface area (Å²) in [6.45, 7) is 5.82. The van der Waals surface area contributed by atoms with Crippen molar-refractivity contribution in [3.63, 3.8) is 0 Å². The second-order valence-corrected chi connectivity index (χ2v) is 5.93. The maximum atomic E-state index is 3.50. The quantitative estimate of drug-likeness (QED) is 0.772. The van der Waals surface area contributed by atoms with Crippen LogP contribution in [-0.2, 0) is 13.0 Å². The van der Waals surface area contributed by atoms with Gasteiger partial charge in [0.25, 0.3) is 0 Å². The third kappa shape index (κ3) is 5.81. The lowest BCUT2D eigenvalue weighted by molar-refractivity contribution is 0.287. The fraction of sp³-hybridized carbons (Fsp3) is 0.333. The molecule has 0 unspecified atom stereocenters. The van der Waals surface area contributed by atoms with Gasteiger partial charge in [0.15, 0.2) is 0 Å². The molecular weight excluding hydrogens is 280 g/mol. The molecule has 2 aromatic carbocycles. The largest absolute Gasteiger partial charge is 0.381 e. The number of anilines is 1. The Hall–Kier alpha value is -2.24. The average molecular weight is 306 g/mol. The molecule has 0 aliphatic rings. The Morgan fingerprint density at radius 2 is 1.78 bits per heavy atom. The number of nitrogens with one attached hydrogen (secondary N) is 1. The van der Waals surface area contributed by atoms with Crippen LogP contribution in [0, 0.1) is 11.8 Å². The lowest BCUT2D eigenvalue weighted by atomic mass is 10.1. The van der Waals surface area contributed by atoms with Gasteiger partial charge in [0, 0.05) is 18.3 Å². The maximum absolute atomic E-state index is 3.50. The lowest BCUT2D eigenvalue weighted by Crippen LogP contribution is -2.31. The van der Waals surface area contributed by atoms with Crippen LogP contribution in [0.4, 0.5) is 5.69 Å². The third-order valence-corrected chi connectivity index (χ3v) is 4.06. The van der Waals surface area contributed by atoms with Crippen LogP contribution in [-0.4, -0.2) is 24.5 Å². The van der Waals surface area contributed by atoms with Gasteiger partial charge >= 0.3 is 0 Å². The molecule has 0 amide bonds. The van der Waals surface area contributed by atoms with E-state index in [9.17, 15) is 0 Å². The molecule has 2 aromatic rings. The molecule has 0 aromatic heterocycles. The Morgan fingerprint density at radius 1 is 1.04 bits per heavy atom. The van der Waals surface area contributed by atoms with Crippen LogP contribution < -0.4 is 5.32 Å². The molecule has 1 atom stereocenters. The molecule has 0 radical (unpaired) electrons. The fourth-order valence-corrected chi connectivity index (χ4v) is 2.46. The standard InChI is InChI=1S/C21H26N2/c1-4-5-14-23(3)18(2)15-20-12-9-13-21(16-20)22-17-19-10-7-6-8-11-19/h6-13,16,18,22H,14-15,17H2,1-3H3/t18-/m1/s1. The molecule has 120 valence electrons. The van der Waals surface area contributed by atoms with Crippen LogP contribution in [0.25, 0.3) is 0 Å². The van der Waals surface area contributed by atoms with E-state index in [4.69, 9.17) is 0 Å². The zero-order chi connectivity index (χ0) is 16.5. The van der Waals surface area contributed by atoms with Crippen LogP contribution >= 0.6 is 0 Å². The van der Waals surface area contributed by atoms with Crippen molar-refractivity contribution in [1.82, 2.24) is 4.90 Å². The van der Waals surface area contributed by atoms with Gasteiger partial charge in [-0.2, -0.15) is 0 Å². The van der Waals surface area contributed by atoms with E-state index in [0.717, 1.165) is 19.5 Å². The number of rotatable bonds is 7. The first-order chi connectivity index (χ1) is 11.2. The molecule has 0 aliphatic heterocycles. The maximum Gasteiger partial charge on any atom is 0.0601 e. The zero-order valence-corrected chi connectivity index (χ0v) is 14.3. The first-order valence-corrected chi connectivity index (χ1v) is 8.15.